The lowest BCUT2D eigenvalue weighted by Crippen LogP contribution is -2.19. The van der Waals surface area contributed by atoms with E-state index in [0.717, 1.165) is 18.2 Å². The Hall–Kier alpha value is -1.32. The molecule has 1 aliphatic rings. The Morgan fingerprint density at radius 1 is 1.60 bits per heavy atom. The molecule has 0 atom stereocenters. The van der Waals surface area contributed by atoms with Crippen LogP contribution in [0.3, 0.4) is 0 Å². The SMILES string of the molecule is O=C(O)CCc1cncn1CC1CCC1. The monoisotopic (exact) mass is 208 g/mol. The van der Waals surface area contributed by atoms with Gasteiger partial charge in [-0.25, -0.2) is 4.98 Å². The van der Waals surface area contributed by atoms with Crippen molar-refractivity contribution >= 4 is 5.97 Å². The van der Waals surface area contributed by atoms with Crippen LogP contribution in [0.15, 0.2) is 12.5 Å². The van der Waals surface area contributed by atoms with Crippen molar-refractivity contribution in [2.45, 2.75) is 38.6 Å². The number of imidazole rings is 1. The fourth-order valence-corrected chi connectivity index (χ4v) is 1.91. The quantitative estimate of drug-likeness (QED) is 0.801. The van der Waals surface area contributed by atoms with Gasteiger partial charge in [0.25, 0.3) is 0 Å². The third-order valence-corrected chi connectivity index (χ3v) is 3.07. The fraction of sp³-hybridized carbons (Fsp3) is 0.636. The van der Waals surface area contributed by atoms with E-state index in [1.807, 2.05) is 6.33 Å². The molecule has 0 saturated heterocycles. The van der Waals surface area contributed by atoms with Crippen molar-refractivity contribution in [3.63, 3.8) is 0 Å². The van der Waals surface area contributed by atoms with E-state index in [1.54, 1.807) is 6.20 Å². The van der Waals surface area contributed by atoms with Gasteiger partial charge in [-0.1, -0.05) is 6.42 Å². The van der Waals surface area contributed by atoms with Gasteiger partial charge in [-0.05, 0) is 25.2 Å². The summed E-state index contributed by atoms with van der Waals surface area (Å²) in [6, 6.07) is 0. The standard InChI is InChI=1S/C11H16N2O2/c14-11(15)5-4-10-6-12-8-13(10)7-9-2-1-3-9/h6,8-9H,1-5,7H2,(H,14,15). The summed E-state index contributed by atoms with van der Waals surface area (Å²) in [6.45, 7) is 1.01. The summed E-state index contributed by atoms with van der Waals surface area (Å²) in [7, 11) is 0. The average molecular weight is 208 g/mol. The summed E-state index contributed by atoms with van der Waals surface area (Å²) in [4.78, 5) is 14.5. The number of carboxylic acids is 1. The topological polar surface area (TPSA) is 55.1 Å². The zero-order valence-electron chi connectivity index (χ0n) is 8.72. The van der Waals surface area contributed by atoms with Crippen LogP contribution in [0.1, 0.15) is 31.4 Å². The van der Waals surface area contributed by atoms with Crippen molar-refractivity contribution in [2.24, 2.45) is 5.92 Å². The molecule has 82 valence electrons. The van der Waals surface area contributed by atoms with Crippen LogP contribution in [0.2, 0.25) is 0 Å². The van der Waals surface area contributed by atoms with Gasteiger partial charge in [0.15, 0.2) is 0 Å². The molecule has 1 aromatic rings. The predicted octanol–water partition coefficient (Wildman–Crippen LogP) is 1.70. The number of carboxylic acid groups (broad SMARTS) is 1. The van der Waals surface area contributed by atoms with Gasteiger partial charge < -0.3 is 9.67 Å². The highest BCUT2D eigenvalue weighted by atomic mass is 16.4. The first-order valence-electron chi connectivity index (χ1n) is 5.46. The van der Waals surface area contributed by atoms with Crippen LogP contribution in [-0.4, -0.2) is 20.6 Å². The second kappa shape index (κ2) is 4.47. The van der Waals surface area contributed by atoms with Crippen molar-refractivity contribution in [1.29, 1.82) is 0 Å². The van der Waals surface area contributed by atoms with E-state index in [9.17, 15) is 4.79 Å². The van der Waals surface area contributed by atoms with Crippen LogP contribution in [0.5, 0.6) is 0 Å². The van der Waals surface area contributed by atoms with Crippen LogP contribution >= 0.6 is 0 Å². The number of hydrogen-bond acceptors (Lipinski definition) is 2. The van der Waals surface area contributed by atoms with E-state index in [2.05, 4.69) is 9.55 Å². The van der Waals surface area contributed by atoms with Crippen molar-refractivity contribution in [2.75, 3.05) is 0 Å². The summed E-state index contributed by atoms with van der Waals surface area (Å²) >= 11 is 0. The highest BCUT2D eigenvalue weighted by molar-refractivity contribution is 5.66. The molecule has 1 fully saturated rings. The van der Waals surface area contributed by atoms with Gasteiger partial charge in [-0.15, -0.1) is 0 Å². The Morgan fingerprint density at radius 3 is 3.00 bits per heavy atom. The molecule has 0 spiro atoms. The smallest absolute Gasteiger partial charge is 0.303 e. The maximum absolute atomic E-state index is 10.5. The van der Waals surface area contributed by atoms with E-state index >= 15 is 0 Å². The number of rotatable bonds is 5. The highest BCUT2D eigenvalue weighted by Gasteiger charge is 2.18. The van der Waals surface area contributed by atoms with Gasteiger partial charge in [0.1, 0.15) is 0 Å². The van der Waals surface area contributed by atoms with Crippen molar-refractivity contribution in [3.8, 4) is 0 Å². The zero-order chi connectivity index (χ0) is 10.7. The fourth-order valence-electron chi connectivity index (χ4n) is 1.91. The predicted molar refractivity (Wildman–Crippen MR) is 55.5 cm³/mol. The third-order valence-electron chi connectivity index (χ3n) is 3.07. The van der Waals surface area contributed by atoms with E-state index in [0.29, 0.717) is 6.42 Å². The summed E-state index contributed by atoms with van der Waals surface area (Å²) in [6.07, 6.45) is 8.31. The van der Waals surface area contributed by atoms with Gasteiger partial charge in [-0.3, -0.25) is 4.79 Å². The lowest BCUT2D eigenvalue weighted by molar-refractivity contribution is -0.136. The molecule has 1 aliphatic carbocycles. The van der Waals surface area contributed by atoms with Crippen LogP contribution in [0.4, 0.5) is 0 Å². The van der Waals surface area contributed by atoms with Gasteiger partial charge in [0.2, 0.25) is 0 Å². The van der Waals surface area contributed by atoms with Gasteiger partial charge in [-0.2, -0.15) is 0 Å². The molecule has 0 unspecified atom stereocenters. The number of aromatic nitrogens is 2. The molecule has 0 bridgehead atoms. The number of carbonyl (C=O) groups is 1. The maximum Gasteiger partial charge on any atom is 0.303 e. The number of nitrogens with zero attached hydrogens (tertiary/aromatic N) is 2. The summed E-state index contributed by atoms with van der Waals surface area (Å²) < 4.78 is 2.10. The molecular formula is C11H16N2O2. The molecule has 0 amide bonds. The molecule has 4 heteroatoms. The lowest BCUT2D eigenvalue weighted by atomic mass is 9.85. The first kappa shape index (κ1) is 10.2. The van der Waals surface area contributed by atoms with E-state index in [-0.39, 0.29) is 6.42 Å². The van der Waals surface area contributed by atoms with Crippen molar-refractivity contribution in [3.05, 3.63) is 18.2 Å². The molecule has 0 aromatic carbocycles. The molecule has 1 aromatic heterocycles. The number of aliphatic carboxylic acids is 1. The summed E-state index contributed by atoms with van der Waals surface area (Å²) in [5.74, 6) is 0.0363. The second-order valence-electron chi connectivity index (χ2n) is 4.23. The van der Waals surface area contributed by atoms with Gasteiger partial charge in [0, 0.05) is 18.4 Å². The Kier molecular flexibility index (Phi) is 3.04. The minimum atomic E-state index is -0.744. The average Bonchev–Trinajstić information content (AvgIpc) is 2.55. The molecule has 0 radical (unpaired) electrons. The minimum Gasteiger partial charge on any atom is -0.481 e. The van der Waals surface area contributed by atoms with Gasteiger partial charge in [0.05, 0.1) is 12.7 Å². The molecule has 4 nitrogen and oxygen atoms in total. The van der Waals surface area contributed by atoms with E-state index in [1.165, 1.54) is 19.3 Å². The second-order valence-corrected chi connectivity index (χ2v) is 4.23. The number of hydrogen-bond donors (Lipinski definition) is 1. The first-order valence-corrected chi connectivity index (χ1v) is 5.46. The largest absolute Gasteiger partial charge is 0.481 e. The Bertz CT molecular complexity index is 342. The molecular weight excluding hydrogens is 192 g/mol. The zero-order valence-corrected chi connectivity index (χ0v) is 8.72. The van der Waals surface area contributed by atoms with E-state index < -0.39 is 5.97 Å². The molecule has 2 rings (SSSR count). The van der Waals surface area contributed by atoms with Gasteiger partial charge >= 0.3 is 5.97 Å². The molecule has 1 heterocycles. The summed E-state index contributed by atoms with van der Waals surface area (Å²) in [5.41, 5.74) is 1.05. The Labute approximate surface area is 88.9 Å². The Morgan fingerprint density at radius 2 is 2.40 bits per heavy atom. The molecule has 0 aliphatic heterocycles. The molecule has 15 heavy (non-hydrogen) atoms. The first-order chi connectivity index (χ1) is 7.25. The van der Waals surface area contributed by atoms with E-state index in [4.69, 9.17) is 5.11 Å². The normalized spacial score (nSPS) is 16.3. The van der Waals surface area contributed by atoms with Crippen LogP contribution in [0, 0.1) is 5.92 Å². The van der Waals surface area contributed by atoms with Crippen LogP contribution in [0.25, 0.3) is 0 Å². The summed E-state index contributed by atoms with van der Waals surface area (Å²) in [5, 5.41) is 8.61. The number of aryl methyl sites for hydroxylation is 1. The van der Waals surface area contributed by atoms with Crippen molar-refractivity contribution in [1.82, 2.24) is 9.55 Å². The Balaban J connectivity index is 1.91. The van der Waals surface area contributed by atoms with Crippen LogP contribution in [-0.2, 0) is 17.8 Å². The minimum absolute atomic E-state index is 0.191. The lowest BCUT2D eigenvalue weighted by Gasteiger charge is -2.26. The maximum atomic E-state index is 10.5. The third kappa shape index (κ3) is 2.58. The van der Waals surface area contributed by atoms with Crippen molar-refractivity contribution < 1.29 is 9.90 Å². The highest BCUT2D eigenvalue weighted by Crippen LogP contribution is 2.28. The molecule has 1 saturated carbocycles. The molecule has 1 N–H and O–H groups in total. The van der Waals surface area contributed by atoms with Crippen LogP contribution < -0.4 is 0 Å².